The van der Waals surface area contributed by atoms with Gasteiger partial charge in [-0.1, -0.05) is 0 Å². The molecule has 0 aliphatic rings. The zero-order valence-electron chi connectivity index (χ0n) is 7.74. The molecule has 0 bridgehead atoms. The summed E-state index contributed by atoms with van der Waals surface area (Å²) in [5, 5.41) is 0. The summed E-state index contributed by atoms with van der Waals surface area (Å²) in [6.07, 6.45) is 5.44. The monoisotopic (exact) mass is 296 g/mol. The molecule has 0 spiro atoms. The number of rotatable bonds is 1. The fraction of sp³-hybridized carbons (Fsp3) is 0.0909. The van der Waals surface area contributed by atoms with E-state index in [1.54, 1.807) is 6.20 Å². The summed E-state index contributed by atoms with van der Waals surface area (Å²) in [5.41, 5.74) is 3.33. The molecule has 0 saturated heterocycles. The number of pyridine rings is 2. The molecule has 2 aromatic rings. The van der Waals surface area contributed by atoms with Gasteiger partial charge in [0.1, 0.15) is 0 Å². The van der Waals surface area contributed by atoms with Crippen molar-refractivity contribution in [3.05, 3.63) is 45.9 Å². The van der Waals surface area contributed by atoms with Crippen LogP contribution in [-0.4, -0.2) is 9.97 Å². The fourth-order valence-electron chi connectivity index (χ4n) is 1.24. The Morgan fingerprint density at radius 1 is 1.21 bits per heavy atom. The lowest BCUT2D eigenvalue weighted by molar-refractivity contribution is 1.24. The molecule has 2 aromatic heterocycles. The van der Waals surface area contributed by atoms with Crippen LogP contribution in [0.15, 0.2) is 36.8 Å². The molecule has 0 N–H and O–H groups in total. The summed E-state index contributed by atoms with van der Waals surface area (Å²) in [6, 6.07) is 5.97. The second-order valence-electron chi connectivity index (χ2n) is 3.03. The van der Waals surface area contributed by atoms with Gasteiger partial charge in [-0.2, -0.15) is 0 Å². The highest BCUT2D eigenvalue weighted by molar-refractivity contribution is 14.1. The van der Waals surface area contributed by atoms with Gasteiger partial charge >= 0.3 is 0 Å². The smallest absolute Gasteiger partial charge is 0.0853 e. The van der Waals surface area contributed by atoms with E-state index in [1.165, 1.54) is 9.13 Å². The van der Waals surface area contributed by atoms with E-state index in [9.17, 15) is 0 Å². The van der Waals surface area contributed by atoms with Crippen LogP contribution in [0.3, 0.4) is 0 Å². The van der Waals surface area contributed by atoms with Crippen LogP contribution in [0.5, 0.6) is 0 Å². The summed E-state index contributed by atoms with van der Waals surface area (Å²) in [5.74, 6) is 0. The number of hydrogen-bond donors (Lipinski definition) is 0. The van der Waals surface area contributed by atoms with Gasteiger partial charge in [-0.15, -0.1) is 0 Å². The molecule has 0 aliphatic carbocycles. The first kappa shape index (κ1) is 9.58. The maximum atomic E-state index is 4.36. The van der Waals surface area contributed by atoms with Gasteiger partial charge in [0.25, 0.3) is 0 Å². The SMILES string of the molecule is Cc1ccnc(-c2cccnc2)c1I. The summed E-state index contributed by atoms with van der Waals surface area (Å²) < 4.78 is 1.19. The third-order valence-electron chi connectivity index (χ3n) is 2.02. The molecule has 3 heteroatoms. The molecular formula is C11H9IN2. The Kier molecular flexibility index (Phi) is 2.77. The minimum atomic E-state index is 1.01. The number of aromatic nitrogens is 2. The van der Waals surface area contributed by atoms with Gasteiger partial charge in [0.05, 0.1) is 5.69 Å². The highest BCUT2D eigenvalue weighted by Gasteiger charge is 2.05. The molecular weight excluding hydrogens is 287 g/mol. The van der Waals surface area contributed by atoms with Crippen molar-refractivity contribution >= 4 is 22.6 Å². The average Bonchev–Trinajstić information content (AvgIpc) is 2.23. The molecule has 0 aliphatic heterocycles. The Hall–Kier alpha value is -0.970. The van der Waals surface area contributed by atoms with Crippen molar-refractivity contribution in [2.75, 3.05) is 0 Å². The Bertz CT molecular complexity index is 440. The molecule has 0 saturated carbocycles. The van der Waals surface area contributed by atoms with Gasteiger partial charge < -0.3 is 0 Å². The van der Waals surface area contributed by atoms with Crippen molar-refractivity contribution in [2.24, 2.45) is 0 Å². The molecule has 2 heterocycles. The first-order chi connectivity index (χ1) is 6.79. The van der Waals surface area contributed by atoms with Crippen LogP contribution < -0.4 is 0 Å². The van der Waals surface area contributed by atoms with Gasteiger partial charge in [0.15, 0.2) is 0 Å². The topological polar surface area (TPSA) is 25.8 Å². The molecule has 0 fully saturated rings. The Labute approximate surface area is 96.6 Å². The summed E-state index contributed by atoms with van der Waals surface area (Å²) in [4.78, 5) is 8.45. The van der Waals surface area contributed by atoms with E-state index in [4.69, 9.17) is 0 Å². The molecule has 14 heavy (non-hydrogen) atoms. The third kappa shape index (κ3) is 1.77. The van der Waals surface area contributed by atoms with Gasteiger partial charge in [-0.05, 0) is 53.3 Å². The van der Waals surface area contributed by atoms with E-state index in [1.807, 2.05) is 30.6 Å². The van der Waals surface area contributed by atoms with Gasteiger partial charge in [0.2, 0.25) is 0 Å². The van der Waals surface area contributed by atoms with E-state index >= 15 is 0 Å². The summed E-state index contributed by atoms with van der Waals surface area (Å²) in [6.45, 7) is 2.09. The van der Waals surface area contributed by atoms with Crippen LogP contribution in [-0.2, 0) is 0 Å². The van der Waals surface area contributed by atoms with Crippen molar-refractivity contribution in [3.63, 3.8) is 0 Å². The predicted molar refractivity (Wildman–Crippen MR) is 64.9 cm³/mol. The minimum Gasteiger partial charge on any atom is -0.264 e. The lowest BCUT2D eigenvalue weighted by atomic mass is 10.1. The summed E-state index contributed by atoms with van der Waals surface area (Å²) >= 11 is 2.32. The number of nitrogens with zero attached hydrogens (tertiary/aromatic N) is 2. The average molecular weight is 296 g/mol. The molecule has 0 amide bonds. The van der Waals surface area contributed by atoms with E-state index in [0.717, 1.165) is 11.3 Å². The number of halogens is 1. The molecule has 0 radical (unpaired) electrons. The van der Waals surface area contributed by atoms with Crippen LogP contribution in [0.25, 0.3) is 11.3 Å². The Morgan fingerprint density at radius 2 is 2.07 bits per heavy atom. The summed E-state index contributed by atoms with van der Waals surface area (Å²) in [7, 11) is 0. The normalized spacial score (nSPS) is 10.1. The second kappa shape index (κ2) is 4.04. The maximum absolute atomic E-state index is 4.36. The fourth-order valence-corrected chi connectivity index (χ4v) is 1.87. The zero-order valence-corrected chi connectivity index (χ0v) is 9.89. The van der Waals surface area contributed by atoms with Crippen LogP contribution in [0.2, 0.25) is 0 Å². The number of aryl methyl sites for hydroxylation is 1. The molecule has 70 valence electrons. The van der Waals surface area contributed by atoms with Crippen molar-refractivity contribution < 1.29 is 0 Å². The molecule has 0 atom stereocenters. The zero-order chi connectivity index (χ0) is 9.97. The van der Waals surface area contributed by atoms with Crippen molar-refractivity contribution in [2.45, 2.75) is 6.92 Å². The first-order valence-electron chi connectivity index (χ1n) is 4.30. The highest BCUT2D eigenvalue weighted by Crippen LogP contribution is 2.23. The van der Waals surface area contributed by atoms with Crippen molar-refractivity contribution in [1.82, 2.24) is 9.97 Å². The second-order valence-corrected chi connectivity index (χ2v) is 4.11. The van der Waals surface area contributed by atoms with Gasteiger partial charge in [0, 0.05) is 27.7 Å². The maximum Gasteiger partial charge on any atom is 0.0853 e. The Morgan fingerprint density at radius 3 is 2.79 bits per heavy atom. The van der Waals surface area contributed by atoms with Crippen LogP contribution in [0.4, 0.5) is 0 Å². The van der Waals surface area contributed by atoms with Crippen molar-refractivity contribution in [3.8, 4) is 11.3 Å². The largest absolute Gasteiger partial charge is 0.264 e. The lowest BCUT2D eigenvalue weighted by Crippen LogP contribution is -1.90. The third-order valence-corrected chi connectivity index (χ3v) is 3.38. The molecule has 0 unspecified atom stereocenters. The van der Waals surface area contributed by atoms with Gasteiger partial charge in [-0.25, -0.2) is 0 Å². The van der Waals surface area contributed by atoms with E-state index < -0.39 is 0 Å². The first-order valence-corrected chi connectivity index (χ1v) is 5.38. The van der Waals surface area contributed by atoms with Crippen LogP contribution in [0, 0.1) is 10.5 Å². The molecule has 2 rings (SSSR count). The van der Waals surface area contributed by atoms with Crippen LogP contribution in [0.1, 0.15) is 5.56 Å². The van der Waals surface area contributed by atoms with Gasteiger partial charge in [-0.3, -0.25) is 9.97 Å². The standard InChI is InChI=1S/C11H9IN2/c1-8-4-6-14-11(10(8)12)9-3-2-5-13-7-9/h2-7H,1H3. The van der Waals surface area contributed by atoms with Crippen molar-refractivity contribution in [1.29, 1.82) is 0 Å². The quantitative estimate of drug-likeness (QED) is 0.756. The van der Waals surface area contributed by atoms with E-state index in [0.29, 0.717) is 0 Å². The number of hydrogen-bond acceptors (Lipinski definition) is 2. The highest BCUT2D eigenvalue weighted by atomic mass is 127. The minimum absolute atomic E-state index is 1.01. The molecule has 0 aromatic carbocycles. The van der Waals surface area contributed by atoms with E-state index in [2.05, 4.69) is 39.5 Å². The predicted octanol–water partition coefficient (Wildman–Crippen LogP) is 3.06. The van der Waals surface area contributed by atoms with Crippen LogP contribution >= 0.6 is 22.6 Å². The Balaban J connectivity index is 2.58. The van der Waals surface area contributed by atoms with E-state index in [-0.39, 0.29) is 0 Å². The lowest BCUT2D eigenvalue weighted by Gasteiger charge is -2.04. The molecule has 2 nitrogen and oxygen atoms in total.